The first kappa shape index (κ1) is 23.4. The zero-order valence-corrected chi connectivity index (χ0v) is 19.6. The van der Waals surface area contributed by atoms with Gasteiger partial charge in [-0.3, -0.25) is 19.9 Å². The highest BCUT2D eigenvalue weighted by Crippen LogP contribution is 2.35. The number of pyridine rings is 1. The summed E-state index contributed by atoms with van der Waals surface area (Å²) >= 11 is 0. The lowest BCUT2D eigenvalue weighted by Crippen LogP contribution is -2.17. The van der Waals surface area contributed by atoms with E-state index < -0.39 is 4.92 Å². The average Bonchev–Trinajstić information content (AvgIpc) is 3.34. The normalized spacial score (nSPS) is 10.9. The van der Waals surface area contributed by atoms with Crippen molar-refractivity contribution in [2.75, 3.05) is 0 Å². The lowest BCUT2D eigenvalue weighted by atomic mass is 10.1. The molecule has 3 aromatic carbocycles. The minimum atomic E-state index is -0.417. The van der Waals surface area contributed by atoms with Crippen LogP contribution in [-0.2, 0) is 0 Å². The molecule has 1 N–H and O–H groups in total. The second-order valence-electron chi connectivity index (χ2n) is 8.11. The Morgan fingerprint density at radius 1 is 0.865 bits per heavy atom. The predicted molar refractivity (Wildman–Crippen MR) is 143 cm³/mol. The summed E-state index contributed by atoms with van der Waals surface area (Å²) in [6.07, 6.45) is 4.70. The number of nitro groups is 1. The Hall–Kier alpha value is -5.37. The Bertz CT molecular complexity index is 1560. The number of amides is 1. The summed E-state index contributed by atoms with van der Waals surface area (Å²) in [5.41, 5.74) is 8.13. The third-order valence-electron chi connectivity index (χ3n) is 5.78. The molecule has 0 aliphatic heterocycles. The Labute approximate surface area is 212 Å². The molecule has 0 unspecified atom stereocenters. The van der Waals surface area contributed by atoms with Gasteiger partial charge in [0.1, 0.15) is 0 Å². The van der Waals surface area contributed by atoms with Gasteiger partial charge in [-0.15, -0.1) is 0 Å². The van der Waals surface area contributed by atoms with Crippen molar-refractivity contribution in [3.05, 3.63) is 137 Å². The summed E-state index contributed by atoms with van der Waals surface area (Å²) in [5, 5.41) is 15.5. The van der Waals surface area contributed by atoms with Crippen LogP contribution in [-0.4, -0.2) is 26.6 Å². The maximum atomic E-state index is 12.5. The minimum absolute atomic E-state index is 0.0130. The van der Waals surface area contributed by atoms with Crippen LogP contribution >= 0.6 is 0 Å². The standard InChI is InChI=1S/C29H21N5O3/c35-29(23-15-17-30-18-16-23)32-31-20-24-19-27(21-7-3-1-4-8-21)33(28(24)22-9-5-2-6-10-22)25-11-13-26(14-12-25)34(36)37/h1-20H,(H,32,35)/b31-20-. The number of hydrogen-bond donors (Lipinski definition) is 1. The monoisotopic (exact) mass is 487 g/mol. The van der Waals surface area contributed by atoms with Crippen molar-refractivity contribution in [3.63, 3.8) is 0 Å². The number of nitrogens with one attached hydrogen (secondary N) is 1. The van der Waals surface area contributed by atoms with E-state index in [1.807, 2.05) is 71.3 Å². The first-order valence-electron chi connectivity index (χ1n) is 11.5. The van der Waals surface area contributed by atoms with Gasteiger partial charge in [0.25, 0.3) is 11.6 Å². The molecule has 0 radical (unpaired) electrons. The second-order valence-corrected chi connectivity index (χ2v) is 8.11. The van der Waals surface area contributed by atoms with Crippen LogP contribution in [0, 0.1) is 10.1 Å². The largest absolute Gasteiger partial charge is 0.309 e. The molecule has 37 heavy (non-hydrogen) atoms. The lowest BCUT2D eigenvalue weighted by Gasteiger charge is -2.15. The smallest absolute Gasteiger partial charge is 0.271 e. The number of nitro benzene ring substituents is 1. The van der Waals surface area contributed by atoms with Gasteiger partial charge in [0.15, 0.2) is 0 Å². The van der Waals surface area contributed by atoms with Crippen molar-refractivity contribution in [2.45, 2.75) is 0 Å². The molecular formula is C29H21N5O3. The van der Waals surface area contributed by atoms with Crippen LogP contribution in [0.3, 0.4) is 0 Å². The van der Waals surface area contributed by atoms with Gasteiger partial charge in [0, 0.05) is 41.3 Å². The summed E-state index contributed by atoms with van der Waals surface area (Å²) in [4.78, 5) is 27.2. The van der Waals surface area contributed by atoms with Crippen LogP contribution in [0.5, 0.6) is 0 Å². The number of benzene rings is 3. The van der Waals surface area contributed by atoms with Crippen LogP contribution in [0.2, 0.25) is 0 Å². The number of carbonyl (C=O) groups is 1. The van der Waals surface area contributed by atoms with Crippen LogP contribution in [0.15, 0.2) is 121 Å². The van der Waals surface area contributed by atoms with E-state index in [4.69, 9.17) is 0 Å². The molecule has 1 amide bonds. The van der Waals surface area contributed by atoms with Gasteiger partial charge in [0.05, 0.1) is 22.5 Å². The van der Waals surface area contributed by atoms with Gasteiger partial charge in [-0.2, -0.15) is 5.10 Å². The highest BCUT2D eigenvalue weighted by Gasteiger charge is 2.19. The first-order chi connectivity index (χ1) is 18.1. The molecule has 8 nitrogen and oxygen atoms in total. The highest BCUT2D eigenvalue weighted by molar-refractivity contribution is 5.97. The van der Waals surface area contributed by atoms with Crippen molar-refractivity contribution in [1.29, 1.82) is 0 Å². The average molecular weight is 488 g/mol. The SMILES string of the molecule is O=C(N/N=C\c1cc(-c2ccccc2)n(-c2ccc([N+](=O)[O-])cc2)c1-c1ccccc1)c1ccncc1. The second kappa shape index (κ2) is 10.5. The van der Waals surface area contributed by atoms with Crippen molar-refractivity contribution < 1.29 is 9.72 Å². The Balaban J connectivity index is 1.65. The maximum Gasteiger partial charge on any atom is 0.271 e. The Kier molecular flexibility index (Phi) is 6.63. The zero-order valence-electron chi connectivity index (χ0n) is 19.6. The van der Waals surface area contributed by atoms with Gasteiger partial charge in [-0.1, -0.05) is 60.7 Å². The summed E-state index contributed by atoms with van der Waals surface area (Å²) < 4.78 is 2.04. The van der Waals surface area contributed by atoms with Crippen molar-refractivity contribution in [2.24, 2.45) is 5.10 Å². The van der Waals surface area contributed by atoms with Crippen molar-refractivity contribution in [3.8, 4) is 28.2 Å². The van der Waals surface area contributed by atoms with Crippen LogP contribution in [0.4, 0.5) is 5.69 Å². The third-order valence-corrected chi connectivity index (χ3v) is 5.78. The number of rotatable bonds is 7. The summed E-state index contributed by atoms with van der Waals surface area (Å²) in [6.45, 7) is 0. The van der Waals surface area contributed by atoms with Crippen LogP contribution < -0.4 is 5.43 Å². The van der Waals surface area contributed by atoms with Gasteiger partial charge >= 0.3 is 0 Å². The quantitative estimate of drug-likeness (QED) is 0.176. The fourth-order valence-corrected chi connectivity index (χ4v) is 4.06. The van der Waals surface area contributed by atoms with Gasteiger partial charge in [-0.05, 0) is 41.5 Å². The molecule has 0 fully saturated rings. The molecule has 5 aromatic rings. The van der Waals surface area contributed by atoms with Crippen LogP contribution in [0.1, 0.15) is 15.9 Å². The first-order valence-corrected chi connectivity index (χ1v) is 11.5. The zero-order chi connectivity index (χ0) is 25.6. The summed E-state index contributed by atoms with van der Waals surface area (Å²) in [6, 6.07) is 31.3. The van der Waals surface area contributed by atoms with E-state index in [-0.39, 0.29) is 11.6 Å². The topological polar surface area (TPSA) is 102 Å². The number of carbonyl (C=O) groups excluding carboxylic acids is 1. The molecule has 0 bridgehead atoms. The molecule has 5 rings (SSSR count). The molecule has 0 aliphatic carbocycles. The van der Waals surface area contributed by atoms with Crippen molar-refractivity contribution in [1.82, 2.24) is 15.0 Å². The van der Waals surface area contributed by atoms with E-state index >= 15 is 0 Å². The molecule has 2 heterocycles. The highest BCUT2D eigenvalue weighted by atomic mass is 16.6. The fourth-order valence-electron chi connectivity index (χ4n) is 4.06. The number of aromatic nitrogens is 2. The predicted octanol–water partition coefficient (Wildman–Crippen LogP) is 5.88. The molecule has 0 atom stereocenters. The summed E-state index contributed by atoms with van der Waals surface area (Å²) in [7, 11) is 0. The van der Waals surface area contributed by atoms with E-state index in [2.05, 4.69) is 15.5 Å². The third kappa shape index (κ3) is 5.03. The van der Waals surface area contributed by atoms with E-state index in [0.29, 0.717) is 5.56 Å². The van der Waals surface area contributed by atoms with E-state index in [1.54, 1.807) is 42.9 Å². The fraction of sp³-hybridized carbons (Fsp3) is 0. The lowest BCUT2D eigenvalue weighted by molar-refractivity contribution is -0.384. The van der Waals surface area contributed by atoms with Gasteiger partial charge < -0.3 is 4.57 Å². The Morgan fingerprint density at radius 2 is 1.49 bits per heavy atom. The van der Waals surface area contributed by atoms with Crippen molar-refractivity contribution >= 4 is 17.8 Å². The molecule has 180 valence electrons. The number of hydrazone groups is 1. The maximum absolute atomic E-state index is 12.5. The van der Waals surface area contributed by atoms with Gasteiger partial charge in [0.2, 0.25) is 0 Å². The van der Waals surface area contributed by atoms with E-state index in [0.717, 1.165) is 33.8 Å². The molecule has 8 heteroatoms. The minimum Gasteiger partial charge on any atom is -0.309 e. The molecule has 0 saturated carbocycles. The number of nitrogens with zero attached hydrogens (tertiary/aromatic N) is 4. The molecular weight excluding hydrogens is 466 g/mol. The molecule has 0 aliphatic rings. The number of hydrogen-bond acceptors (Lipinski definition) is 5. The van der Waals surface area contributed by atoms with E-state index in [1.165, 1.54) is 12.1 Å². The van der Waals surface area contributed by atoms with E-state index in [9.17, 15) is 14.9 Å². The molecule has 2 aromatic heterocycles. The summed E-state index contributed by atoms with van der Waals surface area (Å²) in [5.74, 6) is -0.349. The molecule has 0 saturated heterocycles. The van der Waals surface area contributed by atoms with Gasteiger partial charge in [-0.25, -0.2) is 5.43 Å². The van der Waals surface area contributed by atoms with Crippen LogP contribution in [0.25, 0.3) is 28.2 Å². The number of non-ortho nitro benzene ring substituents is 1. The Morgan fingerprint density at radius 3 is 2.11 bits per heavy atom. The molecule has 0 spiro atoms.